The van der Waals surface area contributed by atoms with E-state index < -0.39 is 5.82 Å². The number of carbonyl (C=O) groups is 1. The average Bonchev–Trinajstić information content (AvgIpc) is 2.79. The fraction of sp³-hybridized carbons (Fsp3) is 0.238. The summed E-state index contributed by atoms with van der Waals surface area (Å²) in [6, 6.07) is 4.90. The molecule has 0 saturated carbocycles. The molecule has 0 unspecified atom stereocenters. The molecule has 1 aliphatic heterocycles. The van der Waals surface area contributed by atoms with Crippen LogP contribution in [0.15, 0.2) is 43.4 Å². The van der Waals surface area contributed by atoms with Gasteiger partial charge in [-0.2, -0.15) is 0 Å². The second-order valence-electron chi connectivity index (χ2n) is 7.02. The molecule has 0 aliphatic carbocycles. The largest absolute Gasteiger partial charge is 0.339 e. The summed E-state index contributed by atoms with van der Waals surface area (Å²) in [7, 11) is 0. The van der Waals surface area contributed by atoms with Gasteiger partial charge in [-0.1, -0.05) is 29.8 Å². The van der Waals surface area contributed by atoms with Crippen molar-refractivity contribution in [1.82, 2.24) is 19.9 Å². The van der Waals surface area contributed by atoms with Crippen molar-refractivity contribution in [2.75, 3.05) is 18.4 Å². The number of fused-ring (bicyclic) bond motifs is 1. The van der Waals surface area contributed by atoms with Crippen LogP contribution in [-0.2, 0) is 4.79 Å². The van der Waals surface area contributed by atoms with E-state index in [0.717, 1.165) is 18.5 Å². The van der Waals surface area contributed by atoms with Crippen molar-refractivity contribution in [1.29, 1.82) is 0 Å². The number of amides is 1. The van der Waals surface area contributed by atoms with Crippen molar-refractivity contribution in [2.45, 2.75) is 18.8 Å². The molecule has 3 aromatic rings. The summed E-state index contributed by atoms with van der Waals surface area (Å²) < 4.78 is 14.5. The van der Waals surface area contributed by atoms with Crippen molar-refractivity contribution in [3.8, 4) is 0 Å². The highest BCUT2D eigenvalue weighted by Gasteiger charge is 2.25. The fourth-order valence-electron chi connectivity index (χ4n) is 3.60. The van der Waals surface area contributed by atoms with Crippen molar-refractivity contribution < 1.29 is 9.18 Å². The number of nitrogens with one attached hydrogen (secondary N) is 1. The van der Waals surface area contributed by atoms with Crippen molar-refractivity contribution in [3.63, 3.8) is 0 Å². The second-order valence-corrected chi connectivity index (χ2v) is 7.81. The van der Waals surface area contributed by atoms with E-state index in [4.69, 9.17) is 23.2 Å². The maximum Gasteiger partial charge on any atom is 0.245 e. The Morgan fingerprint density at radius 1 is 1.30 bits per heavy atom. The number of aromatic nitrogens is 3. The van der Waals surface area contributed by atoms with Crippen LogP contribution in [0.2, 0.25) is 10.0 Å². The van der Waals surface area contributed by atoms with Gasteiger partial charge in [0.15, 0.2) is 5.82 Å². The lowest BCUT2D eigenvalue weighted by Crippen LogP contribution is -2.38. The Kier molecular flexibility index (Phi) is 5.83. The molecular weight excluding hydrogens is 428 g/mol. The summed E-state index contributed by atoms with van der Waals surface area (Å²) in [5, 5.41) is 3.65. The van der Waals surface area contributed by atoms with Gasteiger partial charge in [0.25, 0.3) is 0 Å². The molecule has 154 valence electrons. The first kappa shape index (κ1) is 20.5. The molecule has 9 heteroatoms. The van der Waals surface area contributed by atoms with E-state index >= 15 is 0 Å². The van der Waals surface area contributed by atoms with Gasteiger partial charge in [-0.3, -0.25) is 9.78 Å². The van der Waals surface area contributed by atoms with E-state index in [9.17, 15) is 9.18 Å². The second kappa shape index (κ2) is 8.53. The summed E-state index contributed by atoms with van der Waals surface area (Å²) in [5.74, 6) is -0.227. The molecular formula is C21H18Cl2FN5O. The first-order valence-electron chi connectivity index (χ1n) is 9.40. The summed E-state index contributed by atoms with van der Waals surface area (Å²) in [4.78, 5) is 26.8. The molecule has 0 bridgehead atoms. The van der Waals surface area contributed by atoms with Gasteiger partial charge < -0.3 is 10.2 Å². The highest BCUT2D eigenvalue weighted by Crippen LogP contribution is 2.33. The van der Waals surface area contributed by atoms with Gasteiger partial charge in [-0.05, 0) is 37.1 Å². The molecule has 1 amide bonds. The lowest BCUT2D eigenvalue weighted by molar-refractivity contribution is -0.127. The van der Waals surface area contributed by atoms with E-state index in [1.54, 1.807) is 11.1 Å². The van der Waals surface area contributed by atoms with Gasteiger partial charge in [-0.15, -0.1) is 0 Å². The normalized spacial score (nSPS) is 16.5. The molecule has 1 N–H and O–H groups in total. The van der Waals surface area contributed by atoms with Crippen LogP contribution in [0.5, 0.6) is 0 Å². The molecule has 4 rings (SSSR count). The number of hydrogen-bond donors (Lipinski definition) is 1. The number of halogens is 3. The zero-order valence-electron chi connectivity index (χ0n) is 15.9. The molecule has 0 spiro atoms. The number of carbonyl (C=O) groups excluding carboxylic acids is 1. The summed E-state index contributed by atoms with van der Waals surface area (Å²) in [6.07, 6.45) is 6.17. The molecule has 6 nitrogen and oxygen atoms in total. The van der Waals surface area contributed by atoms with Gasteiger partial charge in [0.2, 0.25) is 5.91 Å². The predicted octanol–water partition coefficient (Wildman–Crippen LogP) is 5.11. The Balaban J connectivity index is 1.68. The number of piperidine rings is 1. The number of rotatable bonds is 4. The monoisotopic (exact) mass is 445 g/mol. The average molecular weight is 446 g/mol. The first-order valence-corrected chi connectivity index (χ1v) is 10.2. The third-order valence-electron chi connectivity index (χ3n) is 5.16. The molecule has 1 aromatic carbocycles. The zero-order chi connectivity index (χ0) is 21.3. The van der Waals surface area contributed by atoms with Gasteiger partial charge in [0.05, 0.1) is 27.4 Å². The van der Waals surface area contributed by atoms with Crippen LogP contribution in [0, 0.1) is 5.82 Å². The van der Waals surface area contributed by atoms with E-state index in [-0.39, 0.29) is 27.6 Å². The van der Waals surface area contributed by atoms with Crippen LogP contribution in [-0.4, -0.2) is 38.8 Å². The molecule has 30 heavy (non-hydrogen) atoms. The molecule has 1 atom stereocenters. The zero-order valence-corrected chi connectivity index (χ0v) is 17.4. The van der Waals surface area contributed by atoms with Crippen LogP contribution in [0.3, 0.4) is 0 Å². The van der Waals surface area contributed by atoms with E-state index in [1.165, 1.54) is 24.5 Å². The SMILES string of the molecule is C=CC(=O)N1CCC[C@H](c2cc3c(Nc4ccc(Cl)c(Cl)c4F)ncnc3cn2)C1. The minimum atomic E-state index is -0.656. The number of likely N-dealkylation sites (tertiary alicyclic amines) is 1. The number of nitrogens with zero attached hydrogens (tertiary/aromatic N) is 4. The molecule has 2 aromatic heterocycles. The maximum atomic E-state index is 14.5. The van der Waals surface area contributed by atoms with Gasteiger partial charge >= 0.3 is 0 Å². The minimum absolute atomic E-state index is 0.0822. The fourth-order valence-corrected chi connectivity index (χ4v) is 3.91. The predicted molar refractivity (Wildman–Crippen MR) is 116 cm³/mol. The first-order chi connectivity index (χ1) is 14.5. The summed E-state index contributed by atoms with van der Waals surface area (Å²) in [6.45, 7) is 4.85. The molecule has 1 fully saturated rings. The Hall–Kier alpha value is -2.77. The molecule has 0 radical (unpaired) electrons. The Bertz CT molecular complexity index is 1140. The Morgan fingerprint density at radius 2 is 2.13 bits per heavy atom. The third-order valence-corrected chi connectivity index (χ3v) is 5.94. The van der Waals surface area contributed by atoms with Crippen molar-refractivity contribution in [3.05, 3.63) is 64.9 Å². The van der Waals surface area contributed by atoms with Crippen molar-refractivity contribution in [2.24, 2.45) is 0 Å². The Labute approximate surface area is 182 Å². The number of pyridine rings is 1. The van der Waals surface area contributed by atoms with Crippen LogP contribution >= 0.6 is 23.2 Å². The number of anilines is 2. The Morgan fingerprint density at radius 3 is 2.93 bits per heavy atom. The molecule has 1 aliphatic rings. The van der Waals surface area contributed by atoms with E-state index in [0.29, 0.717) is 29.8 Å². The highest BCUT2D eigenvalue weighted by molar-refractivity contribution is 6.42. The van der Waals surface area contributed by atoms with Crippen LogP contribution in [0.1, 0.15) is 24.5 Å². The third kappa shape index (κ3) is 3.95. The van der Waals surface area contributed by atoms with E-state index in [1.807, 2.05) is 6.07 Å². The lowest BCUT2D eigenvalue weighted by atomic mass is 9.93. The van der Waals surface area contributed by atoms with Gasteiger partial charge in [0, 0.05) is 30.1 Å². The van der Waals surface area contributed by atoms with Crippen LogP contribution in [0.25, 0.3) is 10.9 Å². The highest BCUT2D eigenvalue weighted by atomic mass is 35.5. The number of hydrogen-bond acceptors (Lipinski definition) is 5. The van der Waals surface area contributed by atoms with E-state index in [2.05, 4.69) is 26.8 Å². The standard InChI is InChI=1S/C21H18Cl2FN5O/c1-2-18(30)29-7-3-4-12(10-29)16-8-13-17(9-25-16)26-11-27-21(13)28-15-6-5-14(22)19(23)20(15)24/h2,5-6,8-9,11-12H,1,3-4,7,10H2,(H,26,27,28)/t12-/m0/s1. The quantitative estimate of drug-likeness (QED) is 0.446. The number of benzene rings is 1. The summed E-state index contributed by atoms with van der Waals surface area (Å²) >= 11 is 11.8. The van der Waals surface area contributed by atoms with Gasteiger partial charge in [0.1, 0.15) is 12.1 Å². The maximum absolute atomic E-state index is 14.5. The van der Waals surface area contributed by atoms with Crippen LogP contribution < -0.4 is 5.32 Å². The molecule has 3 heterocycles. The summed E-state index contributed by atoms with van der Waals surface area (Å²) in [5.41, 5.74) is 1.60. The van der Waals surface area contributed by atoms with Crippen molar-refractivity contribution >= 4 is 51.5 Å². The lowest BCUT2D eigenvalue weighted by Gasteiger charge is -2.31. The smallest absolute Gasteiger partial charge is 0.245 e. The van der Waals surface area contributed by atoms with Gasteiger partial charge in [-0.25, -0.2) is 14.4 Å². The topological polar surface area (TPSA) is 71.0 Å². The van der Waals surface area contributed by atoms with Crippen LogP contribution in [0.4, 0.5) is 15.9 Å². The molecule has 1 saturated heterocycles. The minimum Gasteiger partial charge on any atom is -0.339 e.